The van der Waals surface area contributed by atoms with Crippen molar-refractivity contribution >= 4 is 39.9 Å². The van der Waals surface area contributed by atoms with E-state index in [9.17, 15) is 4.79 Å². The Kier molecular flexibility index (Phi) is 5.47. The number of carbonyl (C=O) groups is 1. The lowest BCUT2D eigenvalue weighted by atomic mass is 10.2. The standard InChI is InChI=1S/C20H21ClN4O3/c1-27-16-5-6-18-17(12-16)20(22-15-4-2-3-14(21)11-15)23-25(18)19(26)13-24-7-9-28-10-8-24/h2-6,11-12H,7-10,13H2,1H3,(H,22,23). The quantitative estimate of drug-likeness (QED) is 0.707. The van der Waals surface area contributed by atoms with Crippen molar-refractivity contribution in [2.24, 2.45) is 0 Å². The molecule has 0 atom stereocenters. The molecule has 8 heteroatoms. The summed E-state index contributed by atoms with van der Waals surface area (Å²) >= 11 is 6.09. The van der Waals surface area contributed by atoms with E-state index in [0.717, 1.165) is 29.7 Å². The fourth-order valence-electron chi connectivity index (χ4n) is 3.23. The first kappa shape index (κ1) is 18.7. The molecule has 0 spiro atoms. The van der Waals surface area contributed by atoms with Crippen LogP contribution in [0.15, 0.2) is 42.5 Å². The van der Waals surface area contributed by atoms with Gasteiger partial charge >= 0.3 is 0 Å². The molecule has 28 heavy (non-hydrogen) atoms. The summed E-state index contributed by atoms with van der Waals surface area (Å²) in [5.41, 5.74) is 1.52. The highest BCUT2D eigenvalue weighted by Crippen LogP contribution is 2.30. The second kappa shape index (κ2) is 8.18. The number of halogens is 1. The minimum atomic E-state index is -0.0868. The van der Waals surface area contributed by atoms with Crippen LogP contribution in [0.2, 0.25) is 5.02 Å². The predicted octanol–water partition coefficient (Wildman–Crippen LogP) is 3.41. The Bertz CT molecular complexity index is 998. The van der Waals surface area contributed by atoms with Crippen molar-refractivity contribution in [1.29, 1.82) is 0 Å². The molecule has 1 saturated heterocycles. The minimum Gasteiger partial charge on any atom is -0.497 e. The van der Waals surface area contributed by atoms with Crippen LogP contribution in [0.4, 0.5) is 11.5 Å². The Morgan fingerprint density at radius 1 is 1.25 bits per heavy atom. The van der Waals surface area contributed by atoms with Crippen LogP contribution in [0.25, 0.3) is 10.9 Å². The molecule has 2 heterocycles. The molecule has 1 aromatic heterocycles. The van der Waals surface area contributed by atoms with Crippen LogP contribution in [0.5, 0.6) is 5.75 Å². The summed E-state index contributed by atoms with van der Waals surface area (Å²) in [5.74, 6) is 1.18. The van der Waals surface area contributed by atoms with Gasteiger partial charge in [-0.25, -0.2) is 0 Å². The maximum absolute atomic E-state index is 12.9. The third kappa shape index (κ3) is 3.96. The molecule has 1 aliphatic rings. The first-order valence-corrected chi connectivity index (χ1v) is 9.44. The van der Waals surface area contributed by atoms with Gasteiger partial charge in [-0.3, -0.25) is 9.69 Å². The van der Waals surface area contributed by atoms with Gasteiger partial charge in [-0.15, -0.1) is 5.10 Å². The molecular formula is C20H21ClN4O3. The molecule has 0 saturated carbocycles. The van der Waals surface area contributed by atoms with Gasteiger partial charge in [-0.1, -0.05) is 17.7 Å². The average molecular weight is 401 g/mol. The summed E-state index contributed by atoms with van der Waals surface area (Å²) in [7, 11) is 1.61. The molecule has 0 bridgehead atoms. The monoisotopic (exact) mass is 400 g/mol. The lowest BCUT2D eigenvalue weighted by molar-refractivity contribution is 0.0346. The van der Waals surface area contributed by atoms with Gasteiger partial charge in [0.05, 0.1) is 32.4 Å². The van der Waals surface area contributed by atoms with Crippen molar-refractivity contribution in [3.63, 3.8) is 0 Å². The van der Waals surface area contributed by atoms with Gasteiger partial charge < -0.3 is 14.8 Å². The van der Waals surface area contributed by atoms with Crippen molar-refractivity contribution in [1.82, 2.24) is 14.7 Å². The van der Waals surface area contributed by atoms with Crippen LogP contribution >= 0.6 is 11.6 Å². The molecule has 0 aliphatic carbocycles. The zero-order valence-corrected chi connectivity index (χ0v) is 16.3. The molecule has 146 valence electrons. The normalized spacial score (nSPS) is 14.9. The summed E-state index contributed by atoms with van der Waals surface area (Å²) in [6.45, 7) is 3.07. The number of rotatable bonds is 5. The number of ether oxygens (including phenoxy) is 2. The Labute approximate surface area is 167 Å². The molecule has 1 N–H and O–H groups in total. The van der Waals surface area contributed by atoms with Crippen LogP contribution in [0, 0.1) is 0 Å². The van der Waals surface area contributed by atoms with Gasteiger partial charge in [0.25, 0.3) is 5.91 Å². The number of aromatic nitrogens is 2. The van der Waals surface area contributed by atoms with Gasteiger partial charge in [0.1, 0.15) is 5.75 Å². The van der Waals surface area contributed by atoms with Crippen molar-refractivity contribution in [3.05, 3.63) is 47.5 Å². The van der Waals surface area contributed by atoms with Crippen molar-refractivity contribution in [2.45, 2.75) is 0 Å². The number of fused-ring (bicyclic) bond motifs is 1. The third-order valence-corrected chi connectivity index (χ3v) is 4.91. The van der Waals surface area contributed by atoms with Crippen LogP contribution in [-0.4, -0.2) is 60.5 Å². The summed E-state index contributed by atoms with van der Waals surface area (Å²) in [4.78, 5) is 15.0. The van der Waals surface area contributed by atoms with E-state index in [-0.39, 0.29) is 5.91 Å². The number of nitrogens with zero attached hydrogens (tertiary/aromatic N) is 3. The Morgan fingerprint density at radius 3 is 2.82 bits per heavy atom. The minimum absolute atomic E-state index is 0.0868. The molecule has 3 aromatic rings. The number of nitrogens with one attached hydrogen (secondary N) is 1. The highest BCUT2D eigenvalue weighted by molar-refractivity contribution is 6.30. The van der Waals surface area contributed by atoms with Crippen LogP contribution < -0.4 is 10.1 Å². The largest absolute Gasteiger partial charge is 0.497 e. The number of benzene rings is 2. The maximum Gasteiger partial charge on any atom is 0.261 e. The molecule has 0 unspecified atom stereocenters. The average Bonchev–Trinajstić information content (AvgIpc) is 3.06. The number of anilines is 2. The Morgan fingerprint density at radius 2 is 2.07 bits per heavy atom. The van der Waals surface area contributed by atoms with E-state index in [1.54, 1.807) is 13.2 Å². The van der Waals surface area contributed by atoms with Crippen molar-refractivity contribution in [3.8, 4) is 5.75 Å². The highest BCUT2D eigenvalue weighted by atomic mass is 35.5. The molecule has 0 radical (unpaired) electrons. The van der Waals surface area contributed by atoms with E-state index in [1.165, 1.54) is 4.68 Å². The Balaban J connectivity index is 1.69. The zero-order valence-electron chi connectivity index (χ0n) is 15.5. The molecule has 1 aliphatic heterocycles. The number of hydrogen-bond donors (Lipinski definition) is 1. The molecular weight excluding hydrogens is 380 g/mol. The first-order chi connectivity index (χ1) is 13.6. The highest BCUT2D eigenvalue weighted by Gasteiger charge is 2.20. The van der Waals surface area contributed by atoms with Gasteiger partial charge in [0, 0.05) is 29.2 Å². The fourth-order valence-corrected chi connectivity index (χ4v) is 3.42. The molecule has 0 amide bonds. The maximum atomic E-state index is 12.9. The van der Waals surface area contributed by atoms with Gasteiger partial charge in [-0.2, -0.15) is 4.68 Å². The van der Waals surface area contributed by atoms with Crippen LogP contribution in [0.1, 0.15) is 4.79 Å². The summed E-state index contributed by atoms with van der Waals surface area (Å²) < 4.78 is 12.2. The van der Waals surface area contributed by atoms with E-state index in [2.05, 4.69) is 15.3 Å². The summed E-state index contributed by atoms with van der Waals surface area (Å²) in [6.07, 6.45) is 0. The van der Waals surface area contributed by atoms with Crippen LogP contribution in [0.3, 0.4) is 0 Å². The molecule has 7 nitrogen and oxygen atoms in total. The number of hydrogen-bond acceptors (Lipinski definition) is 6. The van der Waals surface area contributed by atoms with Crippen molar-refractivity contribution < 1.29 is 14.3 Å². The smallest absolute Gasteiger partial charge is 0.261 e. The SMILES string of the molecule is COc1ccc2c(c1)c(Nc1cccc(Cl)c1)nn2C(=O)CN1CCOCC1. The molecule has 2 aromatic carbocycles. The number of methoxy groups -OCH3 is 1. The Hall–Kier alpha value is -2.61. The predicted molar refractivity (Wildman–Crippen MR) is 109 cm³/mol. The zero-order chi connectivity index (χ0) is 19.5. The molecule has 4 rings (SSSR count). The fraction of sp³-hybridized carbons (Fsp3) is 0.300. The number of carbonyl (C=O) groups excluding carboxylic acids is 1. The third-order valence-electron chi connectivity index (χ3n) is 4.67. The van der Waals surface area contributed by atoms with E-state index < -0.39 is 0 Å². The van der Waals surface area contributed by atoms with Crippen LogP contribution in [-0.2, 0) is 4.74 Å². The second-order valence-electron chi connectivity index (χ2n) is 6.56. The first-order valence-electron chi connectivity index (χ1n) is 9.07. The van der Waals surface area contributed by atoms with Gasteiger partial charge in [0.15, 0.2) is 5.82 Å². The topological polar surface area (TPSA) is 68.6 Å². The lowest BCUT2D eigenvalue weighted by Gasteiger charge is -2.25. The van der Waals surface area contributed by atoms with Gasteiger partial charge in [0.2, 0.25) is 0 Å². The summed E-state index contributed by atoms with van der Waals surface area (Å²) in [6, 6.07) is 12.9. The number of morpholine rings is 1. The van der Waals surface area contributed by atoms with Crippen molar-refractivity contribution in [2.75, 3.05) is 45.3 Å². The van der Waals surface area contributed by atoms with E-state index in [1.807, 2.05) is 36.4 Å². The molecule has 1 fully saturated rings. The van der Waals surface area contributed by atoms with E-state index in [0.29, 0.717) is 36.3 Å². The second-order valence-corrected chi connectivity index (χ2v) is 7.00. The summed E-state index contributed by atoms with van der Waals surface area (Å²) in [5, 5.41) is 9.24. The van der Waals surface area contributed by atoms with Gasteiger partial charge in [-0.05, 0) is 36.4 Å². The van der Waals surface area contributed by atoms with E-state index in [4.69, 9.17) is 21.1 Å². The van der Waals surface area contributed by atoms with E-state index >= 15 is 0 Å². The lowest BCUT2D eigenvalue weighted by Crippen LogP contribution is -2.41.